The van der Waals surface area contributed by atoms with Gasteiger partial charge in [0.15, 0.2) is 0 Å². The zero-order valence-electron chi connectivity index (χ0n) is 23.2. The summed E-state index contributed by atoms with van der Waals surface area (Å²) in [6, 6.07) is 55.4. The first-order chi connectivity index (χ1) is 21.2. The van der Waals surface area contributed by atoms with Gasteiger partial charge in [0.2, 0.25) is 0 Å². The van der Waals surface area contributed by atoms with Crippen molar-refractivity contribution in [2.45, 2.75) is 0 Å². The molecule has 0 fully saturated rings. The Hall–Kier alpha value is -4.52. The number of hydrogen-bond donors (Lipinski definition) is 0. The molecule has 0 radical (unpaired) electrons. The van der Waals surface area contributed by atoms with Crippen molar-refractivity contribution in [3.05, 3.63) is 152 Å². The van der Waals surface area contributed by atoms with E-state index in [4.69, 9.17) is 4.98 Å². The molecule has 2 aromatic heterocycles. The molecule has 0 saturated carbocycles. The van der Waals surface area contributed by atoms with Gasteiger partial charge in [0, 0.05) is 0 Å². The third-order valence-electron chi connectivity index (χ3n) is 8.79. The van der Waals surface area contributed by atoms with E-state index < -0.39 is 5.51 Å². The second kappa shape index (κ2) is 9.49. The van der Waals surface area contributed by atoms with E-state index in [-0.39, 0.29) is 0 Å². The number of para-hydroxylation sites is 2. The predicted octanol–water partition coefficient (Wildman–Crippen LogP) is 8.48. The zero-order chi connectivity index (χ0) is 28.5. The summed E-state index contributed by atoms with van der Waals surface area (Å²) in [4.78, 5) is 5.32. The van der Waals surface area contributed by atoms with E-state index in [2.05, 4.69) is 171 Å². The zero-order valence-corrected chi connectivity index (χ0v) is 25.8. The van der Waals surface area contributed by atoms with Crippen LogP contribution >= 0.6 is 5.51 Å². The van der Waals surface area contributed by atoms with Crippen LogP contribution in [0.2, 0.25) is 0 Å². The van der Waals surface area contributed by atoms with E-state index in [0.29, 0.717) is 0 Å². The number of imidazole rings is 1. The second-order valence-corrected chi connectivity index (χ2v) is 17.3. The van der Waals surface area contributed by atoms with Gasteiger partial charge in [0.05, 0.1) is 0 Å². The Balaban J connectivity index is 1.47. The van der Waals surface area contributed by atoms with Crippen molar-refractivity contribution in [3.8, 4) is 0 Å². The van der Waals surface area contributed by atoms with Gasteiger partial charge in [0.25, 0.3) is 0 Å². The molecule has 0 N–H and O–H groups in total. The number of rotatable bonds is 3. The fraction of sp³-hybridized carbons (Fsp3) is 0. The van der Waals surface area contributed by atoms with Crippen molar-refractivity contribution in [2.75, 3.05) is 0 Å². The quantitative estimate of drug-likeness (QED) is 0.109. The summed E-state index contributed by atoms with van der Waals surface area (Å²) in [5, 5.41) is 12.6. The van der Waals surface area contributed by atoms with Gasteiger partial charge in [-0.15, -0.1) is 0 Å². The molecule has 2 heterocycles. The van der Waals surface area contributed by atoms with E-state index in [0.717, 1.165) is 11.2 Å². The van der Waals surface area contributed by atoms with Gasteiger partial charge in [-0.2, -0.15) is 0 Å². The topological polar surface area (TPSA) is 17.3 Å². The Bertz CT molecular complexity index is 2530. The number of hydrogen-bond acceptors (Lipinski definition) is 1. The summed E-state index contributed by atoms with van der Waals surface area (Å²) >= 11 is 3.87. The Labute approximate surface area is 256 Å². The van der Waals surface area contributed by atoms with E-state index in [9.17, 15) is 0 Å². The molecule has 0 aliphatic heterocycles. The van der Waals surface area contributed by atoms with E-state index in [1.54, 1.807) is 0 Å². The fourth-order valence-corrected chi connectivity index (χ4v) is 12.0. The Morgan fingerprint density at radius 1 is 0.488 bits per heavy atom. The van der Waals surface area contributed by atoms with Crippen LogP contribution in [0, 0.1) is 0 Å². The van der Waals surface area contributed by atoms with Gasteiger partial charge in [-0.3, -0.25) is 0 Å². The van der Waals surface area contributed by atoms with Gasteiger partial charge in [0.1, 0.15) is 0 Å². The summed E-state index contributed by atoms with van der Waals surface area (Å²) in [6.45, 7) is 0. The number of benzene rings is 7. The van der Waals surface area contributed by atoms with E-state index in [1.807, 2.05) is 0 Å². The van der Waals surface area contributed by atoms with Crippen molar-refractivity contribution in [1.82, 2.24) is 9.38 Å². The van der Waals surface area contributed by atoms with Gasteiger partial charge in [-0.05, 0) is 0 Å². The average Bonchev–Trinajstić information content (AvgIpc) is 3.48. The van der Waals surface area contributed by atoms with Crippen molar-refractivity contribution < 1.29 is 0 Å². The minimum absolute atomic E-state index is 1.00. The van der Waals surface area contributed by atoms with E-state index in [1.165, 1.54) is 64.7 Å². The van der Waals surface area contributed by atoms with Crippen LogP contribution in [0.4, 0.5) is 0 Å². The molecule has 9 aromatic rings. The van der Waals surface area contributed by atoms with Gasteiger partial charge < -0.3 is 0 Å². The Kier molecular flexibility index (Phi) is 5.52. The summed E-state index contributed by atoms with van der Waals surface area (Å²) in [6.07, 6.45) is 0. The molecular weight excluding hydrogens is 606 g/mol. The minimum atomic E-state index is -2.28. The molecule has 0 bridgehead atoms. The van der Waals surface area contributed by atoms with Crippen LogP contribution in [0.3, 0.4) is 0 Å². The fourth-order valence-electron chi connectivity index (χ4n) is 6.76. The standard InChI is InChI=1S/C39H25N2PSe/c43-42(30-22-20-26-10-1-3-12-28(26)24-30,31-23-21-27-11-2-4-13-29(27)25-31)37-19-9-17-35-38(37)41-36-18-8-7-15-33(36)32-14-5-6-16-34(32)39(41)40-35/h1-25H. The normalized spacial score (nSPS) is 12.3. The summed E-state index contributed by atoms with van der Waals surface area (Å²) < 4.78 is 2.41. The SMILES string of the molecule is [Se]=P(c1ccc2ccccc2c1)(c1ccc2ccccc2c1)c1cccc2nc3c4ccccc4c4ccccc4n3c12. The molecule has 2 nitrogen and oxygen atoms in total. The molecule has 0 amide bonds. The van der Waals surface area contributed by atoms with Crippen molar-refractivity contribution in [3.63, 3.8) is 0 Å². The van der Waals surface area contributed by atoms with Crippen LogP contribution in [0.15, 0.2) is 152 Å². The molecule has 43 heavy (non-hydrogen) atoms. The van der Waals surface area contributed by atoms with Crippen LogP contribution in [0.25, 0.3) is 59.9 Å². The molecule has 4 heteroatoms. The average molecular weight is 632 g/mol. The predicted molar refractivity (Wildman–Crippen MR) is 187 cm³/mol. The monoisotopic (exact) mass is 632 g/mol. The maximum absolute atomic E-state index is 5.32. The molecule has 0 spiro atoms. The molecule has 0 unspecified atom stereocenters. The van der Waals surface area contributed by atoms with Crippen molar-refractivity contribution in [2.24, 2.45) is 0 Å². The molecule has 202 valence electrons. The number of nitrogens with zero attached hydrogens (tertiary/aromatic N) is 2. The van der Waals surface area contributed by atoms with Crippen LogP contribution in [0.1, 0.15) is 0 Å². The number of fused-ring (bicyclic) bond motifs is 10. The first-order valence-corrected chi connectivity index (χ1v) is 18.5. The maximum atomic E-state index is 5.32. The molecule has 7 aromatic carbocycles. The first kappa shape index (κ1) is 25.0. The molecule has 9 rings (SSSR count). The molecule has 0 saturated heterocycles. The first-order valence-electron chi connectivity index (χ1n) is 14.5. The Morgan fingerprint density at radius 3 is 1.72 bits per heavy atom. The summed E-state index contributed by atoms with van der Waals surface area (Å²) in [5.74, 6) is 0. The molecule has 0 aliphatic carbocycles. The third-order valence-corrected chi connectivity index (χ3v) is 15.7. The van der Waals surface area contributed by atoms with Gasteiger partial charge in [-0.25, -0.2) is 0 Å². The van der Waals surface area contributed by atoms with Crippen LogP contribution in [-0.4, -0.2) is 24.5 Å². The summed E-state index contributed by atoms with van der Waals surface area (Å²) in [7, 11) is 0. The van der Waals surface area contributed by atoms with Crippen molar-refractivity contribution >= 4 is 96.4 Å². The van der Waals surface area contributed by atoms with Crippen LogP contribution in [0.5, 0.6) is 0 Å². The Morgan fingerprint density at radius 2 is 1.05 bits per heavy atom. The molecule has 0 atom stereocenters. The summed E-state index contributed by atoms with van der Waals surface area (Å²) in [5.41, 5.74) is 2.09. The van der Waals surface area contributed by atoms with Crippen molar-refractivity contribution in [1.29, 1.82) is 0 Å². The second-order valence-electron chi connectivity index (χ2n) is 11.2. The molecular formula is C39H25N2PSe. The molecule has 0 aliphatic rings. The van der Waals surface area contributed by atoms with Crippen LogP contribution in [-0.2, 0) is 0 Å². The third kappa shape index (κ3) is 3.66. The van der Waals surface area contributed by atoms with Crippen LogP contribution < -0.4 is 15.9 Å². The van der Waals surface area contributed by atoms with E-state index >= 15 is 0 Å². The number of aromatic nitrogens is 2. The number of pyridine rings is 1. The van der Waals surface area contributed by atoms with Gasteiger partial charge in [-0.1, -0.05) is 0 Å². The van der Waals surface area contributed by atoms with Gasteiger partial charge >= 0.3 is 257 Å².